The number of rotatable bonds is 7. The molecule has 1 aromatic heterocycles. The SMILES string of the molecule is CC(C)NCc1ccc(COCc2ccccc2Br)s1. The predicted molar refractivity (Wildman–Crippen MR) is 88.9 cm³/mol. The van der Waals surface area contributed by atoms with E-state index in [1.807, 2.05) is 29.5 Å². The van der Waals surface area contributed by atoms with Crippen LogP contribution >= 0.6 is 27.3 Å². The molecule has 4 heteroatoms. The summed E-state index contributed by atoms with van der Waals surface area (Å²) in [5.74, 6) is 0. The van der Waals surface area contributed by atoms with E-state index in [1.54, 1.807) is 0 Å². The monoisotopic (exact) mass is 353 g/mol. The molecular formula is C16H20BrNOS. The van der Waals surface area contributed by atoms with Crippen LogP contribution in [0.25, 0.3) is 0 Å². The molecule has 2 aromatic rings. The number of thiophene rings is 1. The summed E-state index contributed by atoms with van der Waals surface area (Å²) >= 11 is 5.35. The van der Waals surface area contributed by atoms with Crippen LogP contribution in [0.2, 0.25) is 0 Å². The van der Waals surface area contributed by atoms with Crippen LogP contribution in [0.15, 0.2) is 40.9 Å². The van der Waals surface area contributed by atoms with E-state index in [4.69, 9.17) is 4.74 Å². The van der Waals surface area contributed by atoms with Gasteiger partial charge in [0.15, 0.2) is 0 Å². The number of ether oxygens (including phenoxy) is 1. The molecule has 2 rings (SSSR count). The van der Waals surface area contributed by atoms with Gasteiger partial charge in [-0.05, 0) is 23.8 Å². The molecule has 0 atom stereocenters. The van der Waals surface area contributed by atoms with Crippen LogP contribution in [0, 0.1) is 0 Å². The van der Waals surface area contributed by atoms with Crippen LogP contribution in [0.5, 0.6) is 0 Å². The third-order valence-corrected chi connectivity index (χ3v) is 4.69. The molecule has 0 spiro atoms. The molecule has 0 saturated heterocycles. The highest BCUT2D eigenvalue weighted by molar-refractivity contribution is 9.10. The van der Waals surface area contributed by atoms with E-state index < -0.39 is 0 Å². The number of nitrogens with one attached hydrogen (secondary N) is 1. The zero-order valence-corrected chi connectivity index (χ0v) is 14.3. The van der Waals surface area contributed by atoms with Crippen molar-refractivity contribution in [1.82, 2.24) is 5.32 Å². The minimum Gasteiger partial charge on any atom is -0.371 e. The van der Waals surface area contributed by atoms with E-state index in [-0.39, 0.29) is 0 Å². The summed E-state index contributed by atoms with van der Waals surface area (Å²) < 4.78 is 6.89. The van der Waals surface area contributed by atoms with Crippen molar-refractivity contribution >= 4 is 27.3 Å². The molecule has 2 nitrogen and oxygen atoms in total. The molecule has 1 heterocycles. The smallest absolute Gasteiger partial charge is 0.0814 e. The summed E-state index contributed by atoms with van der Waals surface area (Å²) in [5, 5.41) is 3.43. The first-order chi connectivity index (χ1) is 9.65. The highest BCUT2D eigenvalue weighted by Crippen LogP contribution is 2.20. The maximum absolute atomic E-state index is 5.79. The summed E-state index contributed by atoms with van der Waals surface area (Å²) in [7, 11) is 0. The topological polar surface area (TPSA) is 21.3 Å². The molecule has 0 fully saturated rings. The maximum Gasteiger partial charge on any atom is 0.0814 e. The van der Waals surface area contributed by atoms with Gasteiger partial charge in [-0.3, -0.25) is 0 Å². The first-order valence-corrected chi connectivity index (χ1v) is 8.38. The maximum atomic E-state index is 5.79. The van der Waals surface area contributed by atoms with Crippen molar-refractivity contribution in [2.75, 3.05) is 0 Å². The summed E-state index contributed by atoms with van der Waals surface area (Å²) in [6.45, 7) is 6.57. The van der Waals surface area contributed by atoms with Crippen LogP contribution in [-0.2, 0) is 24.5 Å². The highest BCUT2D eigenvalue weighted by Gasteiger charge is 2.03. The van der Waals surface area contributed by atoms with Gasteiger partial charge < -0.3 is 10.1 Å². The second kappa shape index (κ2) is 7.93. The Hall–Kier alpha value is -0.680. The van der Waals surface area contributed by atoms with Crippen LogP contribution < -0.4 is 5.32 Å². The van der Waals surface area contributed by atoms with Crippen LogP contribution in [0.4, 0.5) is 0 Å². The van der Waals surface area contributed by atoms with Gasteiger partial charge in [-0.2, -0.15) is 0 Å². The van der Waals surface area contributed by atoms with E-state index in [1.165, 1.54) is 15.3 Å². The lowest BCUT2D eigenvalue weighted by Crippen LogP contribution is -2.21. The standard InChI is InChI=1S/C16H20BrNOS/c1-12(2)18-9-14-7-8-15(20-14)11-19-10-13-5-3-4-6-16(13)17/h3-8,12,18H,9-11H2,1-2H3. The lowest BCUT2D eigenvalue weighted by molar-refractivity contribution is 0.109. The molecule has 108 valence electrons. The Morgan fingerprint density at radius 3 is 2.60 bits per heavy atom. The third-order valence-electron chi connectivity index (χ3n) is 2.86. The van der Waals surface area contributed by atoms with Crippen molar-refractivity contribution in [2.45, 2.75) is 39.6 Å². The Morgan fingerprint density at radius 2 is 1.85 bits per heavy atom. The molecule has 0 amide bonds. The minimum absolute atomic E-state index is 0.521. The van der Waals surface area contributed by atoms with Crippen LogP contribution in [0.3, 0.4) is 0 Å². The summed E-state index contributed by atoms with van der Waals surface area (Å²) in [6.07, 6.45) is 0. The van der Waals surface area contributed by atoms with Crippen LogP contribution in [0.1, 0.15) is 29.2 Å². The fraction of sp³-hybridized carbons (Fsp3) is 0.375. The molecule has 0 aliphatic rings. The van der Waals surface area contributed by atoms with E-state index >= 15 is 0 Å². The van der Waals surface area contributed by atoms with Gasteiger partial charge in [0, 0.05) is 26.8 Å². The molecule has 1 N–H and O–H groups in total. The van der Waals surface area contributed by atoms with Gasteiger partial charge in [0.2, 0.25) is 0 Å². The van der Waals surface area contributed by atoms with Gasteiger partial charge in [-0.25, -0.2) is 0 Å². The van der Waals surface area contributed by atoms with Crippen molar-refractivity contribution in [2.24, 2.45) is 0 Å². The molecule has 0 saturated carbocycles. The first kappa shape index (κ1) is 15.7. The number of benzene rings is 1. The quantitative estimate of drug-likeness (QED) is 0.776. The molecule has 0 aliphatic heterocycles. The third kappa shape index (κ3) is 5.02. The highest BCUT2D eigenvalue weighted by atomic mass is 79.9. The van der Waals surface area contributed by atoms with Crippen molar-refractivity contribution in [3.05, 3.63) is 56.2 Å². The fourth-order valence-corrected chi connectivity index (χ4v) is 3.08. The average molecular weight is 354 g/mol. The molecule has 0 unspecified atom stereocenters. The second-order valence-corrected chi connectivity index (χ2v) is 7.10. The lowest BCUT2D eigenvalue weighted by atomic mass is 10.2. The van der Waals surface area contributed by atoms with Crippen molar-refractivity contribution in [3.8, 4) is 0 Å². The Kier molecular flexibility index (Phi) is 6.23. The van der Waals surface area contributed by atoms with Gasteiger partial charge in [0.05, 0.1) is 13.2 Å². The summed E-state index contributed by atoms with van der Waals surface area (Å²) in [6, 6.07) is 13.0. The van der Waals surface area contributed by atoms with Gasteiger partial charge in [0.25, 0.3) is 0 Å². The molecule has 0 bridgehead atoms. The second-order valence-electron chi connectivity index (χ2n) is 4.99. The Labute approximate surface area is 133 Å². The van der Waals surface area contributed by atoms with Gasteiger partial charge in [-0.15, -0.1) is 11.3 Å². The van der Waals surface area contributed by atoms with Gasteiger partial charge in [-0.1, -0.05) is 48.0 Å². The van der Waals surface area contributed by atoms with Crippen molar-refractivity contribution in [1.29, 1.82) is 0 Å². The fourth-order valence-electron chi connectivity index (χ4n) is 1.78. The number of halogens is 1. The summed E-state index contributed by atoms with van der Waals surface area (Å²) in [4.78, 5) is 2.64. The summed E-state index contributed by atoms with van der Waals surface area (Å²) in [5.41, 5.74) is 1.19. The Bertz CT molecular complexity index is 539. The van der Waals surface area contributed by atoms with Crippen molar-refractivity contribution in [3.63, 3.8) is 0 Å². The Balaban J connectivity index is 1.78. The lowest BCUT2D eigenvalue weighted by Gasteiger charge is -2.06. The zero-order valence-electron chi connectivity index (χ0n) is 11.9. The number of hydrogen-bond donors (Lipinski definition) is 1. The molecule has 1 aromatic carbocycles. The van der Waals surface area contributed by atoms with E-state index in [2.05, 4.69) is 53.3 Å². The molecular weight excluding hydrogens is 334 g/mol. The average Bonchev–Trinajstić information content (AvgIpc) is 2.87. The normalized spacial score (nSPS) is 11.2. The Morgan fingerprint density at radius 1 is 1.10 bits per heavy atom. The molecule has 0 radical (unpaired) electrons. The van der Waals surface area contributed by atoms with Crippen molar-refractivity contribution < 1.29 is 4.74 Å². The number of hydrogen-bond acceptors (Lipinski definition) is 3. The molecule has 0 aliphatic carbocycles. The van der Waals surface area contributed by atoms with E-state index in [9.17, 15) is 0 Å². The first-order valence-electron chi connectivity index (χ1n) is 6.77. The predicted octanol–water partition coefficient (Wildman–Crippen LogP) is 4.73. The van der Waals surface area contributed by atoms with Gasteiger partial charge in [0.1, 0.15) is 0 Å². The van der Waals surface area contributed by atoms with E-state index in [0.29, 0.717) is 19.3 Å². The molecule has 20 heavy (non-hydrogen) atoms. The largest absolute Gasteiger partial charge is 0.371 e. The zero-order chi connectivity index (χ0) is 14.4. The van der Waals surface area contributed by atoms with Crippen LogP contribution in [-0.4, -0.2) is 6.04 Å². The van der Waals surface area contributed by atoms with E-state index in [0.717, 1.165) is 11.0 Å². The van der Waals surface area contributed by atoms with Gasteiger partial charge >= 0.3 is 0 Å². The minimum atomic E-state index is 0.521.